The van der Waals surface area contributed by atoms with Crippen molar-refractivity contribution in [3.05, 3.63) is 0 Å². The van der Waals surface area contributed by atoms with Gasteiger partial charge in [-0.15, -0.1) is 0 Å². The van der Waals surface area contributed by atoms with Crippen molar-refractivity contribution in [1.29, 1.82) is 0 Å². The topological polar surface area (TPSA) is 39.7 Å². The molecule has 0 bridgehead atoms. The van der Waals surface area contributed by atoms with Crippen molar-refractivity contribution in [1.82, 2.24) is 15.5 Å². The minimum absolute atomic E-state index is 0.126. The first kappa shape index (κ1) is 16.2. The number of nitrogens with zero attached hydrogens (tertiary/aromatic N) is 2. The van der Waals surface area contributed by atoms with Crippen LogP contribution in [0.1, 0.15) is 40.0 Å². The molecule has 4 heteroatoms. The average molecular weight is 242 g/mol. The Morgan fingerprint density at radius 2 is 1.82 bits per heavy atom. The first-order valence-corrected chi connectivity index (χ1v) is 6.56. The molecule has 0 aromatic heterocycles. The summed E-state index contributed by atoms with van der Waals surface area (Å²) in [7, 11) is 6.01. The number of hydrogen-bond acceptors (Lipinski definition) is 2. The van der Waals surface area contributed by atoms with Gasteiger partial charge >= 0.3 is 0 Å². The number of unbranched alkanes of at least 4 members (excludes halogenated alkanes) is 2. The number of rotatable bonds is 7. The fraction of sp³-hybridized carbons (Fsp3) is 0.923. The molecule has 102 valence electrons. The van der Waals surface area contributed by atoms with E-state index in [0.717, 1.165) is 19.0 Å². The van der Waals surface area contributed by atoms with Gasteiger partial charge in [-0.05, 0) is 34.4 Å². The van der Waals surface area contributed by atoms with Gasteiger partial charge in [-0.3, -0.25) is 4.99 Å². The van der Waals surface area contributed by atoms with E-state index in [-0.39, 0.29) is 5.54 Å². The fourth-order valence-corrected chi connectivity index (χ4v) is 1.26. The quantitative estimate of drug-likeness (QED) is 0.405. The van der Waals surface area contributed by atoms with Crippen LogP contribution in [-0.4, -0.2) is 50.6 Å². The zero-order valence-electron chi connectivity index (χ0n) is 12.4. The van der Waals surface area contributed by atoms with Gasteiger partial charge in [-0.2, -0.15) is 0 Å². The van der Waals surface area contributed by atoms with Crippen LogP contribution in [0.15, 0.2) is 4.99 Å². The summed E-state index contributed by atoms with van der Waals surface area (Å²) in [6, 6.07) is 0. The molecule has 2 N–H and O–H groups in total. The van der Waals surface area contributed by atoms with Gasteiger partial charge in [0.1, 0.15) is 0 Å². The minimum atomic E-state index is 0.126. The molecule has 0 fully saturated rings. The number of likely N-dealkylation sites (N-methyl/N-ethyl adjacent to an activating group) is 1. The van der Waals surface area contributed by atoms with Crippen molar-refractivity contribution in [3.8, 4) is 0 Å². The molecular formula is C13H30N4. The SMILES string of the molecule is CCCCCNC(=NC)NCC(C)(C)N(C)C. The average Bonchev–Trinajstić information content (AvgIpc) is 2.28. The number of nitrogens with one attached hydrogen (secondary N) is 2. The molecule has 0 rings (SSSR count). The number of guanidine groups is 1. The van der Waals surface area contributed by atoms with E-state index in [9.17, 15) is 0 Å². The lowest BCUT2D eigenvalue weighted by molar-refractivity contribution is 0.197. The predicted octanol–water partition coefficient (Wildman–Crippen LogP) is 1.68. The zero-order valence-corrected chi connectivity index (χ0v) is 12.4. The molecule has 0 aliphatic carbocycles. The lowest BCUT2D eigenvalue weighted by atomic mass is 10.0. The van der Waals surface area contributed by atoms with E-state index < -0.39 is 0 Å². The van der Waals surface area contributed by atoms with Gasteiger partial charge in [0.15, 0.2) is 5.96 Å². The highest BCUT2D eigenvalue weighted by atomic mass is 15.2. The largest absolute Gasteiger partial charge is 0.356 e. The number of aliphatic imine (C=N–C) groups is 1. The van der Waals surface area contributed by atoms with Crippen LogP contribution < -0.4 is 10.6 Å². The van der Waals surface area contributed by atoms with Crippen molar-refractivity contribution in [3.63, 3.8) is 0 Å². The first-order valence-electron chi connectivity index (χ1n) is 6.56. The molecule has 0 spiro atoms. The molecule has 0 radical (unpaired) electrons. The van der Waals surface area contributed by atoms with Crippen LogP contribution in [0, 0.1) is 0 Å². The van der Waals surface area contributed by atoms with Crippen LogP contribution >= 0.6 is 0 Å². The molecular weight excluding hydrogens is 212 g/mol. The minimum Gasteiger partial charge on any atom is -0.356 e. The second kappa shape index (κ2) is 8.34. The van der Waals surface area contributed by atoms with Crippen LogP contribution in [0.25, 0.3) is 0 Å². The monoisotopic (exact) mass is 242 g/mol. The Morgan fingerprint density at radius 3 is 2.29 bits per heavy atom. The molecule has 0 amide bonds. The van der Waals surface area contributed by atoms with Crippen LogP contribution in [0.2, 0.25) is 0 Å². The summed E-state index contributed by atoms with van der Waals surface area (Å²) in [4.78, 5) is 6.44. The normalized spacial score (nSPS) is 13.0. The van der Waals surface area contributed by atoms with Gasteiger partial charge in [-0.25, -0.2) is 0 Å². The number of hydrogen-bond donors (Lipinski definition) is 2. The maximum absolute atomic E-state index is 4.22. The summed E-state index contributed by atoms with van der Waals surface area (Å²) in [5.74, 6) is 0.899. The molecule has 17 heavy (non-hydrogen) atoms. The van der Waals surface area contributed by atoms with E-state index in [2.05, 4.69) is 55.4 Å². The van der Waals surface area contributed by atoms with Crippen molar-refractivity contribution < 1.29 is 0 Å². The van der Waals surface area contributed by atoms with Crippen molar-refractivity contribution in [2.24, 2.45) is 4.99 Å². The molecule has 0 aromatic rings. The Hall–Kier alpha value is -0.770. The van der Waals surface area contributed by atoms with Crippen molar-refractivity contribution >= 4 is 5.96 Å². The lowest BCUT2D eigenvalue weighted by Crippen LogP contribution is -2.50. The summed E-state index contributed by atoms with van der Waals surface area (Å²) in [5, 5.41) is 6.70. The molecule has 0 aromatic carbocycles. The second-order valence-corrected chi connectivity index (χ2v) is 5.27. The molecule has 0 atom stereocenters. The summed E-state index contributed by atoms with van der Waals surface area (Å²) in [6.45, 7) is 8.52. The highest BCUT2D eigenvalue weighted by Crippen LogP contribution is 2.07. The maximum atomic E-state index is 4.22. The van der Waals surface area contributed by atoms with Crippen LogP contribution in [0.4, 0.5) is 0 Å². The second-order valence-electron chi connectivity index (χ2n) is 5.27. The Kier molecular flexibility index (Phi) is 7.96. The maximum Gasteiger partial charge on any atom is 0.191 e. The zero-order chi connectivity index (χ0) is 13.3. The van der Waals surface area contributed by atoms with Crippen molar-refractivity contribution in [2.45, 2.75) is 45.6 Å². The Bertz CT molecular complexity index is 221. The van der Waals surface area contributed by atoms with E-state index >= 15 is 0 Å². The predicted molar refractivity (Wildman–Crippen MR) is 76.7 cm³/mol. The Labute approximate surface area is 107 Å². The first-order chi connectivity index (χ1) is 7.94. The summed E-state index contributed by atoms with van der Waals surface area (Å²) in [6.07, 6.45) is 3.73. The van der Waals surface area contributed by atoms with E-state index in [0.29, 0.717) is 0 Å². The third-order valence-electron chi connectivity index (χ3n) is 3.20. The van der Waals surface area contributed by atoms with E-state index in [1.807, 2.05) is 7.05 Å². The highest BCUT2D eigenvalue weighted by molar-refractivity contribution is 5.79. The standard InChI is InChI=1S/C13H30N4/c1-7-8-9-10-15-12(14-4)16-11-13(2,3)17(5)6/h7-11H2,1-6H3,(H2,14,15,16). The summed E-state index contributed by atoms with van der Waals surface area (Å²) in [5.41, 5.74) is 0.126. The van der Waals surface area contributed by atoms with Crippen LogP contribution in [-0.2, 0) is 0 Å². The summed E-state index contributed by atoms with van der Waals surface area (Å²) >= 11 is 0. The van der Waals surface area contributed by atoms with E-state index in [1.165, 1.54) is 19.3 Å². The Morgan fingerprint density at radius 1 is 1.18 bits per heavy atom. The van der Waals surface area contributed by atoms with Crippen LogP contribution in [0.5, 0.6) is 0 Å². The van der Waals surface area contributed by atoms with Gasteiger partial charge in [0, 0.05) is 25.7 Å². The molecule has 0 unspecified atom stereocenters. The van der Waals surface area contributed by atoms with E-state index in [1.54, 1.807) is 0 Å². The smallest absolute Gasteiger partial charge is 0.191 e. The molecule has 0 aliphatic rings. The van der Waals surface area contributed by atoms with Gasteiger partial charge in [-0.1, -0.05) is 19.8 Å². The van der Waals surface area contributed by atoms with E-state index in [4.69, 9.17) is 0 Å². The highest BCUT2D eigenvalue weighted by Gasteiger charge is 2.20. The van der Waals surface area contributed by atoms with Crippen LogP contribution in [0.3, 0.4) is 0 Å². The van der Waals surface area contributed by atoms with Gasteiger partial charge in [0.2, 0.25) is 0 Å². The van der Waals surface area contributed by atoms with Crippen molar-refractivity contribution in [2.75, 3.05) is 34.2 Å². The molecule has 0 heterocycles. The van der Waals surface area contributed by atoms with Gasteiger partial charge in [0.05, 0.1) is 0 Å². The molecule has 4 nitrogen and oxygen atoms in total. The van der Waals surface area contributed by atoms with Gasteiger partial charge < -0.3 is 15.5 Å². The Balaban J connectivity index is 3.91. The lowest BCUT2D eigenvalue weighted by Gasteiger charge is -2.33. The fourth-order valence-electron chi connectivity index (χ4n) is 1.26. The van der Waals surface area contributed by atoms with Gasteiger partial charge in [0.25, 0.3) is 0 Å². The molecule has 0 saturated carbocycles. The third kappa shape index (κ3) is 7.21. The molecule has 0 saturated heterocycles. The molecule has 0 aliphatic heterocycles. The third-order valence-corrected chi connectivity index (χ3v) is 3.20. The summed E-state index contributed by atoms with van der Waals surface area (Å²) < 4.78 is 0.